The summed E-state index contributed by atoms with van der Waals surface area (Å²) >= 11 is 12.6. The van der Waals surface area contributed by atoms with Crippen molar-refractivity contribution in [2.24, 2.45) is 7.05 Å². The van der Waals surface area contributed by atoms with Crippen LogP contribution in [0.25, 0.3) is 44.1 Å². The Morgan fingerprint density at radius 3 is 2.69 bits per heavy atom. The highest BCUT2D eigenvalue weighted by Crippen LogP contribution is 2.41. The van der Waals surface area contributed by atoms with Crippen LogP contribution >= 0.6 is 23.2 Å². The Labute approximate surface area is 208 Å². The van der Waals surface area contributed by atoms with E-state index in [0.29, 0.717) is 61.2 Å². The normalized spacial score (nSPS) is 11.3. The number of rotatable bonds is 3. The Kier molecular flexibility index (Phi) is 5.55. The van der Waals surface area contributed by atoms with Crippen LogP contribution in [0, 0.1) is 24.1 Å². The van der Waals surface area contributed by atoms with Crippen LogP contribution in [0.1, 0.15) is 23.7 Å². The Hall–Kier alpha value is -3.80. The molecule has 0 fully saturated rings. The van der Waals surface area contributed by atoms with Gasteiger partial charge in [-0.25, -0.2) is 9.49 Å². The van der Waals surface area contributed by atoms with Gasteiger partial charge in [0.05, 0.1) is 49.7 Å². The van der Waals surface area contributed by atoms with Gasteiger partial charge in [0, 0.05) is 29.6 Å². The van der Waals surface area contributed by atoms with Gasteiger partial charge in [-0.15, -0.1) is 0 Å². The lowest BCUT2D eigenvalue weighted by molar-refractivity contribution is 0.621. The largest absolute Gasteiger partial charge is 0.273 e. The molecule has 0 atom stereocenters. The molecule has 0 saturated heterocycles. The molecule has 3 heterocycles. The monoisotopic (exact) mass is 506 g/mol. The van der Waals surface area contributed by atoms with E-state index in [0.717, 1.165) is 0 Å². The summed E-state index contributed by atoms with van der Waals surface area (Å²) in [6.45, 7) is 3.54. The number of benzene rings is 2. The van der Waals surface area contributed by atoms with Gasteiger partial charge in [-0.3, -0.25) is 14.5 Å². The molecule has 174 valence electrons. The lowest BCUT2D eigenvalue weighted by Crippen LogP contribution is -2.11. The minimum Gasteiger partial charge on any atom is -0.267 e. The minimum atomic E-state index is -0.567. The number of pyridine rings is 1. The second-order valence-corrected chi connectivity index (χ2v) is 8.96. The number of aromatic nitrogens is 5. The molecule has 0 saturated carbocycles. The SMILES string of the molecule is CCc1n[nH]c(=O)c2c(Cl)cc(-c3cnn(C)c3-c3c(F)c(C)c4cc(Cl)cnc4c3C#N)cc12. The first-order valence-corrected chi connectivity index (χ1v) is 11.4. The molecule has 0 bridgehead atoms. The van der Waals surface area contributed by atoms with Crippen LogP contribution in [0.3, 0.4) is 0 Å². The zero-order valence-electron chi connectivity index (χ0n) is 18.9. The summed E-state index contributed by atoms with van der Waals surface area (Å²) in [4.78, 5) is 16.7. The van der Waals surface area contributed by atoms with Gasteiger partial charge in [0.2, 0.25) is 0 Å². The second kappa shape index (κ2) is 8.45. The molecule has 3 aromatic heterocycles. The van der Waals surface area contributed by atoms with Crippen molar-refractivity contribution < 1.29 is 4.39 Å². The maximum Gasteiger partial charge on any atom is 0.273 e. The predicted molar refractivity (Wildman–Crippen MR) is 134 cm³/mol. The third-order valence-electron chi connectivity index (χ3n) is 6.15. The van der Waals surface area contributed by atoms with Gasteiger partial charge in [-0.1, -0.05) is 30.1 Å². The highest BCUT2D eigenvalue weighted by molar-refractivity contribution is 6.36. The Bertz CT molecular complexity index is 1780. The van der Waals surface area contributed by atoms with Crippen molar-refractivity contribution in [2.45, 2.75) is 20.3 Å². The number of nitrogens with one attached hydrogen (secondary N) is 1. The van der Waals surface area contributed by atoms with Crippen LogP contribution in [-0.4, -0.2) is 25.0 Å². The summed E-state index contributed by atoms with van der Waals surface area (Å²) < 4.78 is 17.4. The van der Waals surface area contributed by atoms with Crippen molar-refractivity contribution in [3.63, 3.8) is 0 Å². The molecule has 0 unspecified atom stereocenters. The summed E-state index contributed by atoms with van der Waals surface area (Å²) in [5, 5.41) is 23.0. The highest BCUT2D eigenvalue weighted by Gasteiger charge is 2.26. The molecule has 2 aromatic carbocycles. The molecule has 1 N–H and O–H groups in total. The molecule has 5 rings (SSSR count). The lowest BCUT2D eigenvalue weighted by atomic mass is 9.92. The highest BCUT2D eigenvalue weighted by atomic mass is 35.5. The number of nitrogens with zero attached hydrogens (tertiary/aromatic N) is 5. The van der Waals surface area contributed by atoms with E-state index in [-0.39, 0.29) is 16.1 Å². The van der Waals surface area contributed by atoms with Gasteiger partial charge < -0.3 is 0 Å². The van der Waals surface area contributed by atoms with Gasteiger partial charge in [-0.2, -0.15) is 15.5 Å². The molecule has 10 heteroatoms. The maximum absolute atomic E-state index is 15.9. The average Bonchev–Trinajstić information content (AvgIpc) is 3.22. The summed E-state index contributed by atoms with van der Waals surface area (Å²) in [5.74, 6) is -0.567. The van der Waals surface area contributed by atoms with Gasteiger partial charge in [0.1, 0.15) is 11.9 Å². The van der Waals surface area contributed by atoms with E-state index in [2.05, 4.69) is 26.3 Å². The fourth-order valence-electron chi connectivity index (χ4n) is 4.46. The molecular formula is C25H17Cl2FN6O. The molecule has 0 radical (unpaired) electrons. The fourth-order valence-corrected chi connectivity index (χ4v) is 4.92. The van der Waals surface area contributed by atoms with Crippen molar-refractivity contribution in [1.29, 1.82) is 5.26 Å². The number of halogens is 3. The molecule has 35 heavy (non-hydrogen) atoms. The van der Waals surface area contributed by atoms with E-state index >= 15 is 4.39 Å². The number of aryl methyl sites for hydroxylation is 3. The van der Waals surface area contributed by atoms with Crippen molar-refractivity contribution in [2.75, 3.05) is 0 Å². The Balaban J connectivity index is 1.87. The molecule has 0 aliphatic carbocycles. The van der Waals surface area contributed by atoms with Crippen LogP contribution in [-0.2, 0) is 13.5 Å². The Morgan fingerprint density at radius 1 is 1.20 bits per heavy atom. The van der Waals surface area contributed by atoms with Gasteiger partial charge in [0.15, 0.2) is 0 Å². The van der Waals surface area contributed by atoms with Gasteiger partial charge >= 0.3 is 0 Å². The quantitative estimate of drug-likeness (QED) is 0.336. The van der Waals surface area contributed by atoms with E-state index in [9.17, 15) is 10.1 Å². The minimum absolute atomic E-state index is 0.0730. The number of hydrogen-bond donors (Lipinski definition) is 1. The van der Waals surface area contributed by atoms with Crippen molar-refractivity contribution >= 4 is 44.9 Å². The smallest absolute Gasteiger partial charge is 0.267 e. The lowest BCUT2D eigenvalue weighted by Gasteiger charge is -2.15. The van der Waals surface area contributed by atoms with Crippen molar-refractivity contribution in [3.05, 3.63) is 73.6 Å². The van der Waals surface area contributed by atoms with E-state index in [1.54, 1.807) is 38.4 Å². The van der Waals surface area contributed by atoms with Crippen LogP contribution < -0.4 is 5.56 Å². The summed E-state index contributed by atoms with van der Waals surface area (Å²) in [6.07, 6.45) is 3.57. The van der Waals surface area contributed by atoms with Gasteiger partial charge in [0.25, 0.3) is 5.56 Å². The first-order chi connectivity index (χ1) is 16.8. The maximum atomic E-state index is 15.9. The van der Waals surface area contributed by atoms with Gasteiger partial charge in [-0.05, 0) is 42.7 Å². The number of hydrogen-bond acceptors (Lipinski definition) is 5. The van der Waals surface area contributed by atoms with Crippen molar-refractivity contribution in [3.8, 4) is 28.5 Å². The van der Waals surface area contributed by atoms with Crippen LogP contribution in [0.4, 0.5) is 4.39 Å². The third kappa shape index (κ3) is 3.47. The number of nitriles is 1. The molecule has 0 spiro atoms. The molecular weight excluding hydrogens is 490 g/mol. The van der Waals surface area contributed by atoms with E-state index in [1.807, 2.05) is 6.92 Å². The molecule has 7 nitrogen and oxygen atoms in total. The molecule has 0 aliphatic heterocycles. The van der Waals surface area contributed by atoms with E-state index in [1.165, 1.54) is 10.9 Å². The summed E-state index contributed by atoms with van der Waals surface area (Å²) in [7, 11) is 1.67. The first-order valence-electron chi connectivity index (χ1n) is 10.7. The topological polar surface area (TPSA) is 100 Å². The van der Waals surface area contributed by atoms with Crippen molar-refractivity contribution in [1.82, 2.24) is 25.0 Å². The third-order valence-corrected chi connectivity index (χ3v) is 6.65. The van der Waals surface area contributed by atoms with Crippen LogP contribution in [0.5, 0.6) is 0 Å². The van der Waals surface area contributed by atoms with E-state index < -0.39 is 11.4 Å². The van der Waals surface area contributed by atoms with Crippen LogP contribution in [0.15, 0.2) is 35.4 Å². The summed E-state index contributed by atoms with van der Waals surface area (Å²) in [5.41, 5.74) is 2.62. The van der Waals surface area contributed by atoms with E-state index in [4.69, 9.17) is 23.2 Å². The molecule has 0 amide bonds. The number of H-pyrrole nitrogens is 1. The standard InChI is InChI=1S/C25H17Cl2FN6O/c1-4-19-15-5-12(6-18(27)20(15)25(35)33-32-19)17-10-31-34(3)24(17)21-16(8-29)23-14(11(2)22(21)28)7-13(26)9-30-23/h5-7,9-10H,4H2,1-3H3,(H,33,35). The first kappa shape index (κ1) is 23.0. The zero-order chi connectivity index (χ0) is 25.0. The fraction of sp³-hybridized carbons (Fsp3) is 0.160. The number of aromatic amines is 1. The average molecular weight is 507 g/mol. The predicted octanol–water partition coefficient (Wildman–Crippen LogP) is 5.73. The summed E-state index contributed by atoms with van der Waals surface area (Å²) in [6, 6.07) is 7.14. The Morgan fingerprint density at radius 2 is 1.97 bits per heavy atom. The second-order valence-electron chi connectivity index (χ2n) is 8.11. The molecule has 5 aromatic rings. The van der Waals surface area contributed by atoms with Crippen LogP contribution in [0.2, 0.25) is 10.0 Å². The zero-order valence-corrected chi connectivity index (χ0v) is 20.4. The molecule has 0 aliphatic rings. The number of fused-ring (bicyclic) bond motifs is 2.